The van der Waals surface area contributed by atoms with Gasteiger partial charge in [-0.3, -0.25) is 9.78 Å². The summed E-state index contributed by atoms with van der Waals surface area (Å²) in [6.07, 6.45) is 6.46. The maximum absolute atomic E-state index is 11.7. The molecular weight excluding hydrogens is 244 g/mol. The number of nitrogens with zero attached hydrogens (tertiary/aromatic N) is 1. The largest absolute Gasteiger partial charge is 0.495 e. The number of amides is 1. The third-order valence-electron chi connectivity index (χ3n) is 3.60. The van der Waals surface area contributed by atoms with Gasteiger partial charge < -0.3 is 15.2 Å². The fourth-order valence-electron chi connectivity index (χ4n) is 1.91. The number of aryl methyl sites for hydroxylation is 1. The molecule has 19 heavy (non-hydrogen) atoms. The van der Waals surface area contributed by atoms with Crippen LogP contribution in [-0.2, 0) is 11.2 Å². The summed E-state index contributed by atoms with van der Waals surface area (Å²) in [5.74, 6) is 0.720. The lowest BCUT2D eigenvalue weighted by Gasteiger charge is -2.12. The number of aromatic nitrogens is 1. The van der Waals surface area contributed by atoms with Crippen molar-refractivity contribution < 1.29 is 14.6 Å². The molecule has 1 amide bonds. The van der Waals surface area contributed by atoms with E-state index in [0.29, 0.717) is 25.1 Å². The highest BCUT2D eigenvalue weighted by atomic mass is 16.5. The van der Waals surface area contributed by atoms with E-state index in [1.54, 1.807) is 19.5 Å². The predicted octanol–water partition coefficient (Wildman–Crippen LogP) is 0.911. The summed E-state index contributed by atoms with van der Waals surface area (Å²) in [6.45, 7) is 0.742. The lowest BCUT2D eigenvalue weighted by molar-refractivity contribution is -0.121. The maximum Gasteiger partial charge on any atom is 0.220 e. The number of pyridine rings is 1. The molecule has 0 radical (unpaired) electrons. The topological polar surface area (TPSA) is 71.5 Å². The number of rotatable bonds is 7. The van der Waals surface area contributed by atoms with Crippen molar-refractivity contribution in [3.63, 3.8) is 0 Å². The van der Waals surface area contributed by atoms with Crippen LogP contribution in [0.3, 0.4) is 0 Å². The first-order valence-corrected chi connectivity index (χ1v) is 6.53. The third kappa shape index (κ3) is 3.92. The van der Waals surface area contributed by atoms with Gasteiger partial charge in [-0.05, 0) is 30.9 Å². The van der Waals surface area contributed by atoms with E-state index >= 15 is 0 Å². The molecule has 0 bridgehead atoms. The molecule has 1 aliphatic rings. The van der Waals surface area contributed by atoms with E-state index in [1.807, 2.05) is 6.07 Å². The second-order valence-corrected chi connectivity index (χ2v) is 5.17. The van der Waals surface area contributed by atoms with Crippen LogP contribution in [0.25, 0.3) is 0 Å². The molecule has 0 spiro atoms. The molecule has 0 atom stereocenters. The van der Waals surface area contributed by atoms with Crippen molar-refractivity contribution in [1.29, 1.82) is 0 Å². The van der Waals surface area contributed by atoms with Crippen molar-refractivity contribution in [3.05, 3.63) is 24.0 Å². The molecular formula is C14H20N2O3. The summed E-state index contributed by atoms with van der Waals surface area (Å²) < 4.78 is 5.09. The van der Waals surface area contributed by atoms with Crippen molar-refractivity contribution >= 4 is 5.91 Å². The zero-order valence-electron chi connectivity index (χ0n) is 11.2. The van der Waals surface area contributed by atoms with E-state index in [1.165, 1.54) is 0 Å². The van der Waals surface area contributed by atoms with E-state index < -0.39 is 0 Å². The van der Waals surface area contributed by atoms with E-state index in [2.05, 4.69) is 10.3 Å². The van der Waals surface area contributed by atoms with Gasteiger partial charge in [-0.2, -0.15) is 0 Å². The highest BCUT2D eigenvalue weighted by Gasteiger charge is 2.41. The molecule has 0 aromatic carbocycles. The molecule has 2 N–H and O–H groups in total. The number of carbonyl (C=O) groups is 1. The fourth-order valence-corrected chi connectivity index (χ4v) is 1.91. The highest BCUT2D eigenvalue weighted by molar-refractivity contribution is 5.76. The Balaban J connectivity index is 1.73. The van der Waals surface area contributed by atoms with Crippen LogP contribution in [0.1, 0.15) is 24.8 Å². The summed E-state index contributed by atoms with van der Waals surface area (Å²) in [5, 5.41) is 12.0. The molecule has 1 aromatic heterocycles. The standard InChI is InChI=1S/C14H20N2O3/c1-19-12-6-11(7-15-8-12)2-3-13(18)16-9-14(10-17)4-5-14/h6-8,17H,2-5,9-10H2,1H3,(H,16,18). The maximum atomic E-state index is 11.7. The van der Waals surface area contributed by atoms with Crippen LogP contribution in [0.15, 0.2) is 18.5 Å². The molecule has 0 saturated heterocycles. The number of aliphatic hydroxyl groups is 1. The van der Waals surface area contributed by atoms with Gasteiger partial charge in [-0.25, -0.2) is 0 Å². The van der Waals surface area contributed by atoms with Crippen LogP contribution in [0, 0.1) is 5.41 Å². The molecule has 0 unspecified atom stereocenters. The van der Waals surface area contributed by atoms with Crippen molar-refractivity contribution in [2.24, 2.45) is 5.41 Å². The SMILES string of the molecule is COc1cncc(CCC(=O)NCC2(CO)CC2)c1. The van der Waals surface area contributed by atoms with Gasteiger partial charge >= 0.3 is 0 Å². The Labute approximate surface area is 113 Å². The number of ether oxygens (including phenoxy) is 1. The van der Waals surface area contributed by atoms with Gasteiger partial charge in [0.25, 0.3) is 0 Å². The van der Waals surface area contributed by atoms with Crippen LogP contribution >= 0.6 is 0 Å². The smallest absolute Gasteiger partial charge is 0.220 e. The molecule has 2 rings (SSSR count). The lowest BCUT2D eigenvalue weighted by atomic mass is 10.1. The number of hydrogen-bond acceptors (Lipinski definition) is 4. The minimum Gasteiger partial charge on any atom is -0.495 e. The molecule has 1 heterocycles. The van der Waals surface area contributed by atoms with Crippen LogP contribution < -0.4 is 10.1 Å². The first-order valence-electron chi connectivity index (χ1n) is 6.53. The molecule has 0 aliphatic heterocycles. The van der Waals surface area contributed by atoms with Crippen molar-refractivity contribution in [2.45, 2.75) is 25.7 Å². The molecule has 1 fully saturated rings. The minimum absolute atomic E-state index is 0.0162. The normalized spacial score (nSPS) is 15.9. The molecule has 104 valence electrons. The molecule has 5 nitrogen and oxygen atoms in total. The van der Waals surface area contributed by atoms with Crippen LogP contribution in [0.4, 0.5) is 0 Å². The number of methoxy groups -OCH3 is 1. The van der Waals surface area contributed by atoms with Gasteiger partial charge in [0.1, 0.15) is 5.75 Å². The van der Waals surface area contributed by atoms with E-state index in [4.69, 9.17) is 9.84 Å². The number of nitrogens with one attached hydrogen (secondary N) is 1. The quantitative estimate of drug-likeness (QED) is 0.768. The van der Waals surface area contributed by atoms with Crippen LogP contribution in [0.2, 0.25) is 0 Å². The highest BCUT2D eigenvalue weighted by Crippen LogP contribution is 2.44. The average Bonchev–Trinajstić information content (AvgIpc) is 3.24. The van der Waals surface area contributed by atoms with E-state index in [9.17, 15) is 4.79 Å². The second-order valence-electron chi connectivity index (χ2n) is 5.17. The Morgan fingerprint density at radius 3 is 2.95 bits per heavy atom. The number of hydrogen-bond donors (Lipinski definition) is 2. The molecule has 1 saturated carbocycles. The Morgan fingerprint density at radius 1 is 1.53 bits per heavy atom. The zero-order chi connectivity index (χ0) is 13.7. The Kier molecular flexibility index (Phi) is 4.37. The third-order valence-corrected chi connectivity index (χ3v) is 3.60. The Hall–Kier alpha value is -1.62. The van der Waals surface area contributed by atoms with Crippen molar-refractivity contribution in [3.8, 4) is 5.75 Å². The summed E-state index contributed by atoms with van der Waals surface area (Å²) in [4.78, 5) is 15.8. The first-order chi connectivity index (χ1) is 9.17. The molecule has 1 aliphatic carbocycles. The van der Waals surface area contributed by atoms with Gasteiger partial charge in [-0.1, -0.05) is 0 Å². The van der Waals surface area contributed by atoms with E-state index in [-0.39, 0.29) is 17.9 Å². The van der Waals surface area contributed by atoms with Gasteiger partial charge in [0.05, 0.1) is 19.9 Å². The van der Waals surface area contributed by atoms with Gasteiger partial charge in [-0.15, -0.1) is 0 Å². The summed E-state index contributed by atoms with van der Waals surface area (Å²) in [7, 11) is 1.59. The minimum atomic E-state index is -0.0345. The van der Waals surface area contributed by atoms with Crippen LogP contribution in [-0.4, -0.2) is 36.3 Å². The Morgan fingerprint density at radius 2 is 2.32 bits per heavy atom. The molecule has 5 heteroatoms. The fraction of sp³-hybridized carbons (Fsp3) is 0.571. The summed E-state index contributed by atoms with van der Waals surface area (Å²) >= 11 is 0. The van der Waals surface area contributed by atoms with Gasteiger partial charge in [0, 0.05) is 24.6 Å². The van der Waals surface area contributed by atoms with Gasteiger partial charge in [0.15, 0.2) is 0 Å². The van der Waals surface area contributed by atoms with Crippen LogP contribution in [0.5, 0.6) is 5.75 Å². The second kappa shape index (κ2) is 6.02. The van der Waals surface area contributed by atoms with E-state index in [0.717, 1.165) is 18.4 Å². The Bertz CT molecular complexity index is 444. The monoisotopic (exact) mass is 264 g/mol. The predicted molar refractivity (Wildman–Crippen MR) is 70.9 cm³/mol. The average molecular weight is 264 g/mol. The number of carbonyl (C=O) groups excluding carboxylic acids is 1. The van der Waals surface area contributed by atoms with Crippen molar-refractivity contribution in [2.75, 3.05) is 20.3 Å². The lowest BCUT2D eigenvalue weighted by Crippen LogP contribution is -2.31. The number of aliphatic hydroxyl groups excluding tert-OH is 1. The van der Waals surface area contributed by atoms with Crippen molar-refractivity contribution in [1.82, 2.24) is 10.3 Å². The first kappa shape index (κ1) is 13.8. The van der Waals surface area contributed by atoms with Gasteiger partial charge in [0.2, 0.25) is 5.91 Å². The summed E-state index contributed by atoms with van der Waals surface area (Å²) in [5.41, 5.74) is 0.950. The summed E-state index contributed by atoms with van der Waals surface area (Å²) in [6, 6.07) is 1.89. The molecule has 1 aromatic rings. The zero-order valence-corrected chi connectivity index (χ0v) is 11.2.